The number of hydrogen-bond donors (Lipinski definition) is 1. The number of hydrogen-bond acceptors (Lipinski definition) is 4. The third kappa shape index (κ3) is 4.34. The summed E-state index contributed by atoms with van der Waals surface area (Å²) < 4.78 is 13.8. The first-order valence-corrected chi connectivity index (χ1v) is 8.17. The van der Waals surface area contributed by atoms with Crippen molar-refractivity contribution in [2.75, 3.05) is 42.9 Å². The molecule has 0 radical (unpaired) electrons. The zero-order chi connectivity index (χ0) is 17.6. The average Bonchev–Trinajstić information content (AvgIpc) is 2.63. The Bertz CT molecular complexity index is 777. The van der Waals surface area contributed by atoms with Gasteiger partial charge in [-0.1, -0.05) is 12.1 Å². The monoisotopic (exact) mass is 338 g/mol. The van der Waals surface area contributed by atoms with Gasteiger partial charge in [0.2, 0.25) is 5.91 Å². The summed E-state index contributed by atoms with van der Waals surface area (Å²) in [5, 5.41) is 11.6. The summed E-state index contributed by atoms with van der Waals surface area (Å²) in [6.07, 6.45) is 0. The molecule has 1 heterocycles. The lowest BCUT2D eigenvalue weighted by atomic mass is 10.2. The smallest absolute Gasteiger partial charge is 0.238 e. The van der Waals surface area contributed by atoms with E-state index in [0.717, 1.165) is 0 Å². The van der Waals surface area contributed by atoms with Gasteiger partial charge in [-0.25, -0.2) is 4.39 Å². The number of halogens is 1. The lowest BCUT2D eigenvalue weighted by Crippen LogP contribution is -2.48. The molecule has 0 saturated carbocycles. The molecule has 1 N–H and O–H groups in total. The second kappa shape index (κ2) is 7.77. The van der Waals surface area contributed by atoms with E-state index in [2.05, 4.69) is 10.2 Å². The number of nitrogens with zero attached hydrogens (tertiary/aromatic N) is 3. The van der Waals surface area contributed by atoms with E-state index < -0.39 is 0 Å². The fourth-order valence-corrected chi connectivity index (χ4v) is 2.89. The van der Waals surface area contributed by atoms with E-state index in [4.69, 9.17) is 5.26 Å². The second-order valence-electron chi connectivity index (χ2n) is 5.95. The third-order valence-corrected chi connectivity index (χ3v) is 4.23. The first kappa shape index (κ1) is 16.9. The highest BCUT2D eigenvalue weighted by molar-refractivity contribution is 5.92. The number of carbonyl (C=O) groups excluding carboxylic acids is 1. The highest BCUT2D eigenvalue weighted by atomic mass is 19.1. The molecule has 5 nitrogen and oxygen atoms in total. The number of benzene rings is 2. The molecule has 1 fully saturated rings. The predicted octanol–water partition coefficient (Wildman–Crippen LogP) is 2.46. The van der Waals surface area contributed by atoms with Crippen LogP contribution in [0.1, 0.15) is 5.56 Å². The highest BCUT2D eigenvalue weighted by Crippen LogP contribution is 2.20. The summed E-state index contributed by atoms with van der Waals surface area (Å²) in [7, 11) is 0. The van der Waals surface area contributed by atoms with E-state index in [1.165, 1.54) is 6.07 Å². The molecule has 0 spiro atoms. The summed E-state index contributed by atoms with van der Waals surface area (Å²) in [6.45, 7) is 3.07. The van der Waals surface area contributed by atoms with Gasteiger partial charge in [0, 0.05) is 31.9 Å². The van der Waals surface area contributed by atoms with Gasteiger partial charge >= 0.3 is 0 Å². The van der Waals surface area contributed by atoms with Crippen LogP contribution in [0.4, 0.5) is 15.8 Å². The van der Waals surface area contributed by atoms with E-state index in [1.54, 1.807) is 36.4 Å². The molecule has 1 amide bonds. The number of nitriles is 1. The number of rotatable bonds is 4. The van der Waals surface area contributed by atoms with Crippen molar-refractivity contribution in [2.24, 2.45) is 0 Å². The van der Waals surface area contributed by atoms with Crippen LogP contribution in [0.25, 0.3) is 0 Å². The van der Waals surface area contributed by atoms with Gasteiger partial charge in [-0.05, 0) is 36.4 Å². The molecule has 2 aromatic rings. The Hall–Kier alpha value is -2.91. The Morgan fingerprint density at radius 1 is 1.08 bits per heavy atom. The van der Waals surface area contributed by atoms with E-state index in [-0.39, 0.29) is 11.7 Å². The van der Waals surface area contributed by atoms with Crippen LogP contribution in [0.3, 0.4) is 0 Å². The summed E-state index contributed by atoms with van der Waals surface area (Å²) in [5.41, 5.74) is 1.85. The second-order valence-corrected chi connectivity index (χ2v) is 5.95. The lowest BCUT2D eigenvalue weighted by Gasteiger charge is -2.35. The van der Waals surface area contributed by atoms with Crippen molar-refractivity contribution in [1.82, 2.24) is 4.90 Å². The molecule has 1 aliphatic rings. The van der Waals surface area contributed by atoms with Crippen LogP contribution in [0.15, 0.2) is 48.5 Å². The first-order chi connectivity index (χ1) is 12.2. The summed E-state index contributed by atoms with van der Waals surface area (Å²) in [5.74, 6) is -0.307. The Morgan fingerprint density at radius 2 is 1.76 bits per heavy atom. The molecule has 25 heavy (non-hydrogen) atoms. The number of anilines is 2. The van der Waals surface area contributed by atoms with Crippen LogP contribution < -0.4 is 10.2 Å². The van der Waals surface area contributed by atoms with Gasteiger partial charge in [0.1, 0.15) is 5.82 Å². The molecule has 6 heteroatoms. The van der Waals surface area contributed by atoms with Gasteiger partial charge < -0.3 is 10.2 Å². The van der Waals surface area contributed by atoms with Crippen molar-refractivity contribution in [2.45, 2.75) is 0 Å². The molecule has 0 unspecified atom stereocenters. The Balaban J connectivity index is 1.49. The van der Waals surface area contributed by atoms with Crippen molar-refractivity contribution in [3.8, 4) is 6.07 Å². The molecule has 2 aromatic carbocycles. The predicted molar refractivity (Wildman–Crippen MR) is 94.8 cm³/mol. The number of carbonyl (C=O) groups is 1. The Morgan fingerprint density at radius 3 is 2.40 bits per heavy atom. The Labute approximate surface area is 146 Å². The third-order valence-electron chi connectivity index (χ3n) is 4.23. The zero-order valence-electron chi connectivity index (χ0n) is 13.8. The fraction of sp³-hybridized carbons (Fsp3) is 0.263. The van der Waals surface area contributed by atoms with Crippen LogP contribution >= 0.6 is 0 Å². The normalized spacial score (nSPS) is 14.8. The van der Waals surface area contributed by atoms with E-state index in [1.807, 2.05) is 17.0 Å². The van der Waals surface area contributed by atoms with Crippen LogP contribution in [-0.2, 0) is 4.79 Å². The first-order valence-electron chi connectivity index (χ1n) is 8.17. The number of para-hydroxylation sites is 1. The van der Waals surface area contributed by atoms with Crippen LogP contribution in [0, 0.1) is 17.1 Å². The molecule has 0 bridgehead atoms. The molecule has 0 aliphatic carbocycles. The minimum Gasteiger partial charge on any atom is -0.367 e. The van der Waals surface area contributed by atoms with E-state index in [0.29, 0.717) is 49.7 Å². The Kier molecular flexibility index (Phi) is 5.26. The van der Waals surface area contributed by atoms with Gasteiger partial charge in [-0.15, -0.1) is 0 Å². The number of nitrogens with one attached hydrogen (secondary N) is 1. The van der Waals surface area contributed by atoms with Gasteiger partial charge in [0.15, 0.2) is 0 Å². The molecule has 1 aliphatic heterocycles. The van der Waals surface area contributed by atoms with Gasteiger partial charge in [-0.2, -0.15) is 5.26 Å². The molecular weight excluding hydrogens is 319 g/mol. The van der Waals surface area contributed by atoms with Gasteiger partial charge in [0.25, 0.3) is 0 Å². The molecular formula is C19H19FN4O. The largest absolute Gasteiger partial charge is 0.367 e. The van der Waals surface area contributed by atoms with Crippen molar-refractivity contribution < 1.29 is 9.18 Å². The topological polar surface area (TPSA) is 59.4 Å². The van der Waals surface area contributed by atoms with Crippen molar-refractivity contribution in [1.29, 1.82) is 5.26 Å². The highest BCUT2D eigenvalue weighted by Gasteiger charge is 2.20. The lowest BCUT2D eigenvalue weighted by molar-refractivity contribution is -0.117. The molecule has 3 rings (SSSR count). The van der Waals surface area contributed by atoms with Crippen LogP contribution in [-0.4, -0.2) is 43.5 Å². The molecule has 1 saturated heterocycles. The summed E-state index contributed by atoms with van der Waals surface area (Å²) in [6, 6.07) is 15.6. The maximum atomic E-state index is 13.8. The minimum atomic E-state index is -0.213. The quantitative estimate of drug-likeness (QED) is 0.930. The van der Waals surface area contributed by atoms with Crippen molar-refractivity contribution in [3.63, 3.8) is 0 Å². The molecule has 0 aromatic heterocycles. The number of amides is 1. The fourth-order valence-electron chi connectivity index (χ4n) is 2.89. The van der Waals surface area contributed by atoms with Crippen LogP contribution in [0.5, 0.6) is 0 Å². The van der Waals surface area contributed by atoms with E-state index in [9.17, 15) is 9.18 Å². The minimum absolute atomic E-state index is 0.0935. The van der Waals surface area contributed by atoms with Gasteiger partial charge in [0.05, 0.1) is 23.9 Å². The number of piperazine rings is 1. The van der Waals surface area contributed by atoms with Gasteiger partial charge in [-0.3, -0.25) is 9.69 Å². The van der Waals surface area contributed by atoms with Crippen molar-refractivity contribution >= 4 is 17.3 Å². The summed E-state index contributed by atoms with van der Waals surface area (Å²) in [4.78, 5) is 16.2. The van der Waals surface area contributed by atoms with Crippen LogP contribution in [0.2, 0.25) is 0 Å². The molecule has 0 atom stereocenters. The zero-order valence-corrected chi connectivity index (χ0v) is 13.8. The van der Waals surface area contributed by atoms with E-state index >= 15 is 0 Å². The maximum absolute atomic E-state index is 13.8. The average molecular weight is 338 g/mol. The standard InChI is InChI=1S/C19H19FN4O/c20-17-3-1-2-4-18(17)24-11-9-23(10-12-24)14-19(25)22-16-7-5-15(13-21)6-8-16/h1-8H,9-12,14H2,(H,22,25). The maximum Gasteiger partial charge on any atom is 0.238 e. The summed E-state index contributed by atoms with van der Waals surface area (Å²) >= 11 is 0. The molecule has 128 valence electrons. The van der Waals surface area contributed by atoms with Crippen molar-refractivity contribution in [3.05, 3.63) is 59.9 Å². The SMILES string of the molecule is N#Cc1ccc(NC(=O)CN2CCN(c3ccccc3F)CC2)cc1.